The predicted octanol–water partition coefficient (Wildman–Crippen LogP) is 4.78. The predicted molar refractivity (Wildman–Crippen MR) is 135 cm³/mol. The van der Waals surface area contributed by atoms with Gasteiger partial charge in [-0.3, -0.25) is 4.79 Å². The summed E-state index contributed by atoms with van der Waals surface area (Å²) in [6.07, 6.45) is 0. The van der Waals surface area contributed by atoms with Crippen LogP contribution in [0.25, 0.3) is 0 Å². The number of hydrogen-bond donors (Lipinski definition) is 1. The van der Waals surface area contributed by atoms with Crippen molar-refractivity contribution in [2.24, 2.45) is 15.5 Å². The molecular formula is C25H36N4O4. The van der Waals surface area contributed by atoms with Gasteiger partial charge >= 0.3 is 0 Å². The van der Waals surface area contributed by atoms with Gasteiger partial charge in [-0.15, -0.1) is 0 Å². The highest BCUT2D eigenvalue weighted by molar-refractivity contribution is 6.47. The van der Waals surface area contributed by atoms with Crippen LogP contribution in [0.2, 0.25) is 0 Å². The van der Waals surface area contributed by atoms with Crippen molar-refractivity contribution in [2.75, 3.05) is 21.3 Å². The van der Waals surface area contributed by atoms with Crippen molar-refractivity contribution in [1.29, 1.82) is 0 Å². The maximum atomic E-state index is 12.1. The average molecular weight is 457 g/mol. The number of hydrogen-bond acceptors (Lipinski definition) is 7. The molecule has 2 rings (SSSR count). The zero-order valence-corrected chi connectivity index (χ0v) is 20.9. The van der Waals surface area contributed by atoms with Gasteiger partial charge in [-0.25, -0.2) is 0 Å². The molecule has 0 bridgehead atoms. The van der Waals surface area contributed by atoms with Crippen molar-refractivity contribution in [2.45, 2.75) is 41.2 Å². The maximum Gasteiger partial charge on any atom is 0.273 e. The molecule has 1 amide bonds. The van der Waals surface area contributed by atoms with Crippen LogP contribution in [-0.2, 0) is 25.9 Å². The zero-order valence-electron chi connectivity index (χ0n) is 20.9. The maximum absolute atomic E-state index is 12.1. The molecule has 8 heteroatoms. The lowest BCUT2D eigenvalue weighted by molar-refractivity contribution is -0.114. The fraction of sp³-hybridized carbons (Fsp3) is 0.360. The molecule has 0 unspecified atom stereocenters. The van der Waals surface area contributed by atoms with Crippen LogP contribution < -0.4 is 5.32 Å². The van der Waals surface area contributed by atoms with Gasteiger partial charge in [0, 0.05) is 23.7 Å². The van der Waals surface area contributed by atoms with E-state index in [0.29, 0.717) is 17.0 Å². The molecule has 180 valence electrons. The van der Waals surface area contributed by atoms with Crippen LogP contribution in [0.4, 0.5) is 0 Å². The first-order valence-electron chi connectivity index (χ1n) is 10.9. The Morgan fingerprint density at radius 2 is 1.36 bits per heavy atom. The highest BCUT2D eigenvalue weighted by atomic mass is 16.6. The van der Waals surface area contributed by atoms with E-state index in [9.17, 15) is 4.79 Å². The molecule has 1 N–H and O–H groups in total. The van der Waals surface area contributed by atoms with Gasteiger partial charge in [0.1, 0.15) is 32.2 Å². The monoisotopic (exact) mass is 456 g/mol. The van der Waals surface area contributed by atoms with E-state index in [1.54, 1.807) is 19.1 Å². The second-order valence-electron chi connectivity index (χ2n) is 5.80. The Kier molecular flexibility index (Phi) is 15.9. The van der Waals surface area contributed by atoms with Crippen molar-refractivity contribution in [1.82, 2.24) is 5.32 Å². The molecule has 0 aliphatic carbocycles. The zero-order chi connectivity index (χ0) is 25.1. The number of nitrogens with one attached hydrogen (secondary N) is 1. The Labute approximate surface area is 197 Å². The summed E-state index contributed by atoms with van der Waals surface area (Å²) in [5, 5.41) is 14.6. The lowest BCUT2D eigenvalue weighted by Gasteiger charge is -2.10. The largest absolute Gasteiger partial charge is 0.399 e. The number of nitrogens with zero attached hydrogens (tertiary/aromatic N) is 3. The van der Waals surface area contributed by atoms with Crippen molar-refractivity contribution in [3.8, 4) is 0 Å². The number of carbonyl (C=O) groups excluding carboxylic acids is 1. The molecule has 0 aliphatic heterocycles. The Bertz CT molecular complexity index is 910. The summed E-state index contributed by atoms with van der Waals surface area (Å²) < 4.78 is 0. The summed E-state index contributed by atoms with van der Waals surface area (Å²) in [6, 6.07) is 16.8. The lowest BCUT2D eigenvalue weighted by Crippen LogP contribution is -2.29. The lowest BCUT2D eigenvalue weighted by atomic mass is 10.0. The highest BCUT2D eigenvalue weighted by Crippen LogP contribution is 2.13. The molecule has 0 heterocycles. The average Bonchev–Trinajstić information content (AvgIpc) is 2.88. The van der Waals surface area contributed by atoms with Gasteiger partial charge in [0.25, 0.3) is 5.91 Å². The first-order valence-corrected chi connectivity index (χ1v) is 10.9. The smallest absolute Gasteiger partial charge is 0.273 e. The second-order valence-corrected chi connectivity index (χ2v) is 5.80. The summed E-state index contributed by atoms with van der Waals surface area (Å²) in [5.41, 5.74) is 3.44. The summed E-state index contributed by atoms with van der Waals surface area (Å²) in [4.78, 5) is 27.4. The van der Waals surface area contributed by atoms with Crippen LogP contribution in [-0.4, -0.2) is 44.3 Å². The van der Waals surface area contributed by atoms with Gasteiger partial charge < -0.3 is 19.8 Å². The molecule has 0 fully saturated rings. The molecule has 0 aromatic heterocycles. The molecule has 0 aliphatic rings. The SMILES string of the molecule is CC.CC.CNC(=O)/C(=N\OC)c1ccccc1CO/N=C(/C)C(=NOC)c1ccccc1. The minimum atomic E-state index is -0.363. The molecule has 0 atom stereocenters. The third-order valence-corrected chi connectivity index (χ3v) is 3.89. The summed E-state index contributed by atoms with van der Waals surface area (Å²) in [5.74, 6) is -0.363. The fourth-order valence-electron chi connectivity index (χ4n) is 2.56. The molecular weight excluding hydrogens is 420 g/mol. The molecule has 8 nitrogen and oxygen atoms in total. The third-order valence-electron chi connectivity index (χ3n) is 3.89. The number of rotatable bonds is 9. The molecule has 33 heavy (non-hydrogen) atoms. The van der Waals surface area contributed by atoms with E-state index < -0.39 is 0 Å². The quantitative estimate of drug-likeness (QED) is 0.434. The standard InChI is InChI=1S/C21H24N4O4.2C2H6/c1-15(19(24-27-3)16-10-6-5-7-11-16)23-29-14-17-12-8-9-13-18(17)20(25-28-4)21(26)22-2;2*1-2/h5-13H,14H2,1-4H3,(H,22,26);2*1-2H3/b23-15-,24-19?,25-20-;;. The first-order chi connectivity index (χ1) is 16.1. The summed E-state index contributed by atoms with van der Waals surface area (Å²) in [7, 11) is 4.39. The number of oxime groups is 3. The van der Waals surface area contributed by atoms with Crippen LogP contribution in [0.3, 0.4) is 0 Å². The normalized spacial score (nSPS) is 11.2. The third kappa shape index (κ3) is 9.55. The number of benzene rings is 2. The van der Waals surface area contributed by atoms with Gasteiger partial charge in [-0.05, 0) is 6.92 Å². The van der Waals surface area contributed by atoms with Crippen LogP contribution in [0.1, 0.15) is 51.3 Å². The minimum Gasteiger partial charge on any atom is -0.399 e. The van der Waals surface area contributed by atoms with E-state index in [4.69, 9.17) is 14.5 Å². The van der Waals surface area contributed by atoms with Gasteiger partial charge in [0.2, 0.25) is 0 Å². The van der Waals surface area contributed by atoms with Gasteiger partial charge in [-0.2, -0.15) is 0 Å². The van der Waals surface area contributed by atoms with Crippen molar-refractivity contribution in [3.63, 3.8) is 0 Å². The van der Waals surface area contributed by atoms with Crippen molar-refractivity contribution in [3.05, 3.63) is 71.3 Å². The topological polar surface area (TPSA) is 93.9 Å². The van der Waals surface area contributed by atoms with E-state index in [-0.39, 0.29) is 18.2 Å². The highest BCUT2D eigenvalue weighted by Gasteiger charge is 2.17. The van der Waals surface area contributed by atoms with Crippen molar-refractivity contribution < 1.29 is 19.3 Å². The second kappa shape index (κ2) is 17.9. The Hall–Kier alpha value is -3.68. The van der Waals surface area contributed by atoms with Crippen LogP contribution in [0.15, 0.2) is 70.1 Å². The van der Waals surface area contributed by atoms with E-state index >= 15 is 0 Å². The molecule has 2 aromatic carbocycles. The Morgan fingerprint density at radius 1 is 0.818 bits per heavy atom. The molecule has 0 radical (unpaired) electrons. The van der Waals surface area contributed by atoms with E-state index in [0.717, 1.165) is 11.1 Å². The van der Waals surface area contributed by atoms with Crippen LogP contribution >= 0.6 is 0 Å². The Balaban J connectivity index is 0.00000242. The number of carbonyl (C=O) groups is 1. The molecule has 0 saturated carbocycles. The van der Waals surface area contributed by atoms with E-state index in [1.165, 1.54) is 21.3 Å². The van der Waals surface area contributed by atoms with Crippen LogP contribution in [0, 0.1) is 0 Å². The first kappa shape index (κ1) is 29.3. The fourth-order valence-corrected chi connectivity index (χ4v) is 2.56. The van der Waals surface area contributed by atoms with E-state index in [2.05, 4.69) is 20.8 Å². The summed E-state index contributed by atoms with van der Waals surface area (Å²) >= 11 is 0. The summed E-state index contributed by atoms with van der Waals surface area (Å²) in [6.45, 7) is 9.90. The molecule has 0 saturated heterocycles. The molecule has 2 aromatic rings. The van der Waals surface area contributed by atoms with Gasteiger partial charge in [0.15, 0.2) is 5.71 Å². The van der Waals surface area contributed by atoms with Crippen LogP contribution in [0.5, 0.6) is 0 Å². The van der Waals surface area contributed by atoms with E-state index in [1.807, 2.05) is 70.2 Å². The van der Waals surface area contributed by atoms with Gasteiger partial charge in [0.05, 0.1) is 0 Å². The minimum absolute atomic E-state index is 0.127. The number of likely N-dealkylation sites (N-methyl/N-ethyl adjacent to an activating group) is 1. The Morgan fingerprint density at radius 3 is 1.94 bits per heavy atom. The van der Waals surface area contributed by atoms with Crippen molar-refractivity contribution >= 4 is 23.0 Å². The van der Waals surface area contributed by atoms with Gasteiger partial charge in [-0.1, -0.05) is 97.8 Å². The number of amides is 1. The molecule has 0 spiro atoms.